The van der Waals surface area contributed by atoms with Gasteiger partial charge in [-0.15, -0.1) is 0 Å². The molecule has 3 N–H and O–H groups in total. The lowest BCUT2D eigenvalue weighted by atomic mass is 9.84. The summed E-state index contributed by atoms with van der Waals surface area (Å²) in [6.07, 6.45) is 12.0. The van der Waals surface area contributed by atoms with Gasteiger partial charge in [0.25, 0.3) is 5.56 Å². The normalized spacial score (nSPS) is 18.9. The minimum atomic E-state index is -1.25. The molecule has 330 valence electrons. The number of benzene rings is 2. The average molecular weight is 868 g/mol. The molecule has 62 heavy (non-hydrogen) atoms. The molecular weight excluding hydrogens is 810 g/mol. The van der Waals surface area contributed by atoms with Gasteiger partial charge < -0.3 is 25.4 Å². The van der Waals surface area contributed by atoms with E-state index in [2.05, 4.69) is 20.5 Å². The van der Waals surface area contributed by atoms with E-state index in [9.17, 15) is 29.1 Å². The molecule has 1 saturated carbocycles. The maximum absolute atomic E-state index is 14.1. The van der Waals surface area contributed by atoms with Crippen LogP contribution < -0.4 is 16.2 Å². The van der Waals surface area contributed by atoms with E-state index in [-0.39, 0.29) is 74.4 Å². The second kappa shape index (κ2) is 19.7. The summed E-state index contributed by atoms with van der Waals surface area (Å²) in [6, 6.07) is 9.63. The number of aromatic nitrogens is 3. The van der Waals surface area contributed by atoms with Gasteiger partial charge in [-0.2, -0.15) is 0 Å². The van der Waals surface area contributed by atoms with E-state index in [1.165, 1.54) is 17.3 Å². The highest BCUT2D eigenvalue weighted by atomic mass is 35.5. The van der Waals surface area contributed by atoms with E-state index < -0.39 is 11.6 Å². The van der Waals surface area contributed by atoms with Crippen LogP contribution in [-0.2, 0) is 38.5 Å². The predicted octanol–water partition coefficient (Wildman–Crippen LogP) is 5.61. The summed E-state index contributed by atoms with van der Waals surface area (Å²) in [7, 11) is 0. The Morgan fingerprint density at radius 3 is 2.42 bits per heavy atom. The van der Waals surface area contributed by atoms with Gasteiger partial charge in [0.15, 0.2) is 5.78 Å². The fraction of sp³-hybridized carbons (Fsp3) is 0.553. The van der Waals surface area contributed by atoms with Crippen LogP contribution in [0.25, 0.3) is 21.8 Å². The summed E-state index contributed by atoms with van der Waals surface area (Å²) in [5.74, 6) is -0.521. The lowest BCUT2D eigenvalue weighted by Gasteiger charge is -2.40. The van der Waals surface area contributed by atoms with Crippen LogP contribution in [0, 0.1) is 5.92 Å². The number of nitrogens with one attached hydrogen (secondary N) is 2. The molecule has 1 atom stereocenters. The lowest BCUT2D eigenvalue weighted by molar-refractivity contribution is -0.141. The molecule has 3 fully saturated rings. The van der Waals surface area contributed by atoms with Crippen molar-refractivity contribution in [3.8, 4) is 0 Å². The Hall–Kier alpha value is -4.76. The van der Waals surface area contributed by atoms with Gasteiger partial charge in [0.2, 0.25) is 17.7 Å². The molecule has 4 heterocycles. The maximum Gasteiger partial charge on any atom is 0.261 e. The van der Waals surface area contributed by atoms with Crippen molar-refractivity contribution in [3.05, 3.63) is 74.9 Å². The molecule has 0 radical (unpaired) electrons. The van der Waals surface area contributed by atoms with Crippen LogP contribution in [0.2, 0.25) is 5.02 Å². The number of ketones is 1. The summed E-state index contributed by atoms with van der Waals surface area (Å²) in [4.78, 5) is 80.4. The number of halogens is 1. The van der Waals surface area contributed by atoms with Crippen LogP contribution >= 0.6 is 11.6 Å². The molecule has 4 aromatic rings. The van der Waals surface area contributed by atoms with Gasteiger partial charge in [0.1, 0.15) is 6.04 Å². The Morgan fingerprint density at radius 2 is 1.63 bits per heavy atom. The van der Waals surface area contributed by atoms with Crippen molar-refractivity contribution >= 4 is 62.6 Å². The number of rotatable bonds is 14. The van der Waals surface area contributed by atoms with Crippen LogP contribution in [0.5, 0.6) is 0 Å². The van der Waals surface area contributed by atoms with Crippen molar-refractivity contribution < 1.29 is 29.0 Å². The van der Waals surface area contributed by atoms with E-state index in [4.69, 9.17) is 21.3 Å². The molecule has 2 aromatic heterocycles. The number of carbonyl (C=O) groups excluding carboxylic acids is 4. The van der Waals surface area contributed by atoms with Gasteiger partial charge in [-0.3, -0.25) is 38.4 Å². The van der Waals surface area contributed by atoms with Crippen LogP contribution in [0.1, 0.15) is 105 Å². The second-order valence-corrected chi connectivity index (χ2v) is 18.2. The number of carbonyl (C=O) groups is 4. The van der Waals surface area contributed by atoms with E-state index in [1.54, 1.807) is 35.2 Å². The molecule has 2 aliphatic heterocycles. The Balaban J connectivity index is 0.859. The Bertz CT molecular complexity index is 2370. The largest absolute Gasteiger partial charge is 0.388 e. The SMILES string of the molecule is O=C(CCN1CCOCC1)Nc1ccc2c(=O)n(CC3(O)CCN(C(=O)[C@H](CC4CCCCC4)NC(=O)CCC(=O)c4ccc5c(Cl)c6c(nc5c4)CCCC6)CC3)cnc2c1. The van der Waals surface area contributed by atoms with Crippen LogP contribution in [0.15, 0.2) is 47.5 Å². The van der Waals surface area contributed by atoms with Crippen molar-refractivity contribution in [2.45, 2.75) is 114 Å². The number of fused-ring (bicyclic) bond motifs is 3. The van der Waals surface area contributed by atoms with Gasteiger partial charge in [-0.1, -0.05) is 55.8 Å². The first kappa shape index (κ1) is 43.9. The average Bonchev–Trinajstić information content (AvgIpc) is 3.29. The number of hydrogen-bond donors (Lipinski definition) is 3. The summed E-state index contributed by atoms with van der Waals surface area (Å²) >= 11 is 6.75. The van der Waals surface area contributed by atoms with E-state index in [1.807, 2.05) is 6.07 Å². The summed E-state index contributed by atoms with van der Waals surface area (Å²) in [5.41, 5.74) is 2.70. The molecule has 3 amide bonds. The van der Waals surface area contributed by atoms with E-state index >= 15 is 0 Å². The minimum Gasteiger partial charge on any atom is -0.388 e. The molecule has 4 aliphatic rings. The number of Topliss-reactive ketones (excluding diaryl/α,β-unsaturated/α-hetero) is 1. The number of hydrogen-bond acceptors (Lipinski definition) is 10. The molecule has 14 nitrogen and oxygen atoms in total. The molecule has 8 rings (SSSR count). The first-order chi connectivity index (χ1) is 30.0. The number of piperidine rings is 1. The topological polar surface area (TPSA) is 176 Å². The zero-order chi connectivity index (χ0) is 43.2. The quantitative estimate of drug-likeness (QED) is 0.135. The number of likely N-dealkylation sites (tertiary alicyclic amines) is 1. The number of anilines is 1. The number of pyridine rings is 1. The molecule has 2 aromatic carbocycles. The first-order valence-electron chi connectivity index (χ1n) is 22.6. The monoisotopic (exact) mass is 867 g/mol. The Morgan fingerprint density at radius 1 is 0.871 bits per heavy atom. The van der Waals surface area contributed by atoms with Gasteiger partial charge in [0, 0.05) is 74.3 Å². The number of ether oxygens (including phenoxy) is 1. The third-order valence-electron chi connectivity index (χ3n) is 13.4. The van der Waals surface area contributed by atoms with Crippen molar-refractivity contribution in [3.63, 3.8) is 0 Å². The highest BCUT2D eigenvalue weighted by molar-refractivity contribution is 6.36. The van der Waals surface area contributed by atoms with Gasteiger partial charge in [-0.25, -0.2) is 4.98 Å². The zero-order valence-electron chi connectivity index (χ0n) is 35.5. The standard InChI is InChI=1S/C47H58ClN7O7/c48-44-34-8-4-5-9-37(34)51-39-27-32(10-12-35(39)44)41(56)14-15-42(57)52-40(26-31-6-2-1-3-7-31)46(60)54-20-17-47(61,18-21-54)29-55-30-49-38-28-33(11-13-36(38)45(55)59)50-43(58)16-19-53-22-24-62-25-23-53/h10-13,27-28,30-31,40,61H,1-9,14-26,29H2,(H,50,58)(H,52,57)/t40-/m0/s1. The number of nitrogens with zero attached hydrogens (tertiary/aromatic N) is 5. The molecule has 0 spiro atoms. The molecule has 15 heteroatoms. The van der Waals surface area contributed by atoms with Gasteiger partial charge in [0.05, 0.1) is 53.1 Å². The van der Waals surface area contributed by atoms with Crippen molar-refractivity contribution in [1.82, 2.24) is 29.7 Å². The molecule has 2 aliphatic carbocycles. The smallest absolute Gasteiger partial charge is 0.261 e. The number of amides is 3. The molecule has 0 bridgehead atoms. The van der Waals surface area contributed by atoms with Crippen molar-refractivity contribution in [2.24, 2.45) is 5.92 Å². The molecule has 2 saturated heterocycles. The Kier molecular flexibility index (Phi) is 14.0. The third kappa shape index (κ3) is 10.5. The van der Waals surface area contributed by atoms with Crippen molar-refractivity contribution in [1.29, 1.82) is 0 Å². The highest BCUT2D eigenvalue weighted by Gasteiger charge is 2.38. The zero-order valence-corrected chi connectivity index (χ0v) is 36.2. The molecule has 0 unspecified atom stereocenters. The summed E-state index contributed by atoms with van der Waals surface area (Å²) in [6.45, 7) is 4.14. The van der Waals surface area contributed by atoms with Gasteiger partial charge in [-0.05, 0) is 80.7 Å². The van der Waals surface area contributed by atoms with E-state index in [0.717, 1.165) is 81.1 Å². The van der Waals surface area contributed by atoms with Crippen LogP contribution in [0.3, 0.4) is 0 Å². The summed E-state index contributed by atoms with van der Waals surface area (Å²) < 4.78 is 6.78. The minimum absolute atomic E-state index is 0.00639. The maximum atomic E-state index is 14.1. The molecular formula is C47H58ClN7O7. The summed E-state index contributed by atoms with van der Waals surface area (Å²) in [5, 5.41) is 19.5. The predicted molar refractivity (Wildman–Crippen MR) is 237 cm³/mol. The second-order valence-electron chi connectivity index (χ2n) is 17.8. The fourth-order valence-corrected chi connectivity index (χ4v) is 10.0. The van der Waals surface area contributed by atoms with Crippen LogP contribution in [-0.4, -0.2) is 111 Å². The lowest BCUT2D eigenvalue weighted by Crippen LogP contribution is -2.55. The first-order valence-corrected chi connectivity index (χ1v) is 22.9. The fourth-order valence-electron chi connectivity index (χ4n) is 9.65. The van der Waals surface area contributed by atoms with E-state index in [0.29, 0.717) is 71.2 Å². The third-order valence-corrected chi connectivity index (χ3v) is 13.8. The van der Waals surface area contributed by atoms with Crippen LogP contribution in [0.4, 0.5) is 5.69 Å². The number of aliphatic hydroxyl groups is 1. The number of aryl methyl sites for hydroxylation is 1. The van der Waals surface area contributed by atoms with Crippen molar-refractivity contribution in [2.75, 3.05) is 51.3 Å². The van der Waals surface area contributed by atoms with Gasteiger partial charge >= 0.3 is 0 Å². The Labute approximate surface area is 366 Å². The highest BCUT2D eigenvalue weighted by Crippen LogP contribution is 2.34. The number of morpholine rings is 1.